The Morgan fingerprint density at radius 2 is 1.40 bits per heavy atom. The van der Waals surface area contributed by atoms with Crippen molar-refractivity contribution in [3.8, 4) is 0 Å². The summed E-state index contributed by atoms with van der Waals surface area (Å²) in [4.78, 5) is 11.4. The van der Waals surface area contributed by atoms with E-state index in [1.54, 1.807) is 0 Å². The number of Topliss-reactive ketones (excluding diaryl/α,β-unsaturated/α-hetero) is 1. The van der Waals surface area contributed by atoms with Gasteiger partial charge in [0.25, 0.3) is 0 Å². The second-order valence-electron chi connectivity index (χ2n) is 5.68. The van der Waals surface area contributed by atoms with Crippen LogP contribution in [0.2, 0.25) is 0 Å². The number of carbonyl (C=O) groups excluding carboxylic acids is 1. The van der Waals surface area contributed by atoms with E-state index in [2.05, 4.69) is 6.92 Å². The summed E-state index contributed by atoms with van der Waals surface area (Å²) in [6, 6.07) is -0.937. The Hall–Kier alpha value is -0.450. The van der Waals surface area contributed by atoms with E-state index in [4.69, 9.17) is 10.8 Å². The van der Waals surface area contributed by atoms with Crippen molar-refractivity contribution >= 4 is 5.78 Å². The zero-order chi connectivity index (χ0) is 15.2. The summed E-state index contributed by atoms with van der Waals surface area (Å²) in [6.45, 7) is 1.83. The highest BCUT2D eigenvalue weighted by Crippen LogP contribution is 2.12. The van der Waals surface area contributed by atoms with Crippen LogP contribution in [-0.2, 0) is 4.79 Å². The third kappa shape index (κ3) is 10.4. The largest absolute Gasteiger partial charge is 0.394 e. The van der Waals surface area contributed by atoms with Crippen LogP contribution in [0.1, 0.15) is 77.6 Å². The molecule has 0 fully saturated rings. The molecule has 0 bridgehead atoms. The quantitative estimate of drug-likeness (QED) is 0.429. The lowest BCUT2D eigenvalue weighted by atomic mass is 10.0. The minimum Gasteiger partial charge on any atom is -0.394 e. The van der Waals surface area contributed by atoms with Crippen molar-refractivity contribution in [3.05, 3.63) is 0 Å². The van der Waals surface area contributed by atoms with Crippen molar-refractivity contribution < 1.29 is 15.0 Å². The zero-order valence-corrected chi connectivity index (χ0v) is 13.0. The molecule has 0 aromatic rings. The summed E-state index contributed by atoms with van der Waals surface area (Å²) in [6.07, 6.45) is 11.7. The SMILES string of the molecule is CCCCCCCCCCCCC(O)C(=O)[C@@H](N)CO. The van der Waals surface area contributed by atoms with Crippen molar-refractivity contribution in [1.29, 1.82) is 0 Å². The molecule has 20 heavy (non-hydrogen) atoms. The van der Waals surface area contributed by atoms with E-state index in [0.717, 1.165) is 12.8 Å². The number of ketones is 1. The van der Waals surface area contributed by atoms with Crippen molar-refractivity contribution in [2.45, 2.75) is 89.7 Å². The van der Waals surface area contributed by atoms with E-state index < -0.39 is 24.5 Å². The van der Waals surface area contributed by atoms with E-state index in [1.807, 2.05) is 0 Å². The van der Waals surface area contributed by atoms with Crippen LogP contribution < -0.4 is 5.73 Å². The summed E-state index contributed by atoms with van der Waals surface area (Å²) in [7, 11) is 0. The van der Waals surface area contributed by atoms with Crippen molar-refractivity contribution in [2.75, 3.05) is 6.61 Å². The smallest absolute Gasteiger partial charge is 0.180 e. The van der Waals surface area contributed by atoms with Gasteiger partial charge in [-0.25, -0.2) is 0 Å². The van der Waals surface area contributed by atoms with E-state index in [0.29, 0.717) is 6.42 Å². The highest BCUT2D eigenvalue weighted by molar-refractivity contribution is 5.87. The molecular formula is C16H33NO3. The van der Waals surface area contributed by atoms with Crippen LogP contribution >= 0.6 is 0 Å². The van der Waals surface area contributed by atoms with Gasteiger partial charge in [-0.05, 0) is 6.42 Å². The van der Waals surface area contributed by atoms with Gasteiger partial charge in [-0.1, -0.05) is 71.1 Å². The Morgan fingerprint density at radius 1 is 0.950 bits per heavy atom. The first-order valence-electron chi connectivity index (χ1n) is 8.21. The van der Waals surface area contributed by atoms with Gasteiger partial charge in [0.1, 0.15) is 6.10 Å². The average molecular weight is 287 g/mol. The molecule has 4 heteroatoms. The van der Waals surface area contributed by atoms with Gasteiger partial charge < -0.3 is 15.9 Å². The number of hydrogen-bond acceptors (Lipinski definition) is 4. The molecule has 0 aromatic carbocycles. The van der Waals surface area contributed by atoms with Gasteiger partial charge in [-0.3, -0.25) is 4.79 Å². The molecule has 0 aromatic heterocycles. The van der Waals surface area contributed by atoms with Gasteiger partial charge in [-0.15, -0.1) is 0 Å². The number of hydrogen-bond donors (Lipinski definition) is 3. The summed E-state index contributed by atoms with van der Waals surface area (Å²) in [5.74, 6) is -0.441. The number of aliphatic hydroxyl groups excluding tert-OH is 2. The van der Waals surface area contributed by atoms with E-state index >= 15 is 0 Å². The van der Waals surface area contributed by atoms with Gasteiger partial charge in [0.15, 0.2) is 5.78 Å². The van der Waals surface area contributed by atoms with Crippen LogP contribution in [0.4, 0.5) is 0 Å². The molecular weight excluding hydrogens is 254 g/mol. The number of carbonyl (C=O) groups is 1. The van der Waals surface area contributed by atoms with Crippen molar-refractivity contribution in [1.82, 2.24) is 0 Å². The number of aliphatic hydroxyl groups is 2. The lowest BCUT2D eigenvalue weighted by Crippen LogP contribution is -2.41. The van der Waals surface area contributed by atoms with Crippen LogP contribution in [0.5, 0.6) is 0 Å². The fourth-order valence-electron chi connectivity index (χ4n) is 2.30. The van der Waals surface area contributed by atoms with E-state index in [-0.39, 0.29) is 0 Å². The predicted octanol–water partition coefficient (Wildman–Crippen LogP) is 2.55. The lowest BCUT2D eigenvalue weighted by Gasteiger charge is -2.13. The highest BCUT2D eigenvalue weighted by atomic mass is 16.3. The fourth-order valence-corrected chi connectivity index (χ4v) is 2.30. The Kier molecular flexibility index (Phi) is 13.2. The minimum absolute atomic E-state index is 0.395. The molecule has 2 atom stereocenters. The monoisotopic (exact) mass is 287 g/mol. The first kappa shape index (κ1) is 19.6. The van der Waals surface area contributed by atoms with Crippen molar-refractivity contribution in [3.63, 3.8) is 0 Å². The molecule has 0 aliphatic carbocycles. The van der Waals surface area contributed by atoms with Gasteiger partial charge in [-0.2, -0.15) is 0 Å². The third-order valence-electron chi connectivity index (χ3n) is 3.72. The maximum absolute atomic E-state index is 11.4. The number of rotatable bonds is 14. The Bertz CT molecular complexity index is 234. The molecule has 0 heterocycles. The Balaban J connectivity index is 3.33. The molecule has 4 N–H and O–H groups in total. The number of unbranched alkanes of at least 4 members (excludes halogenated alkanes) is 9. The molecule has 0 amide bonds. The minimum atomic E-state index is -1.01. The third-order valence-corrected chi connectivity index (χ3v) is 3.72. The van der Waals surface area contributed by atoms with Gasteiger partial charge in [0.2, 0.25) is 0 Å². The van der Waals surface area contributed by atoms with Gasteiger partial charge in [0, 0.05) is 0 Å². The topological polar surface area (TPSA) is 83.5 Å². The highest BCUT2D eigenvalue weighted by Gasteiger charge is 2.20. The molecule has 0 aliphatic rings. The van der Waals surface area contributed by atoms with Crippen LogP contribution in [0, 0.1) is 0 Å². The standard InChI is InChI=1S/C16H33NO3/c1-2-3-4-5-6-7-8-9-10-11-12-15(19)16(20)14(17)13-18/h14-15,18-19H,2-13,17H2,1H3/t14-,15?/m0/s1. The first-order valence-corrected chi connectivity index (χ1v) is 8.21. The van der Waals surface area contributed by atoms with Gasteiger partial charge in [0.05, 0.1) is 12.6 Å². The molecule has 0 saturated carbocycles. The maximum Gasteiger partial charge on any atom is 0.180 e. The molecule has 0 radical (unpaired) electrons. The van der Waals surface area contributed by atoms with Crippen LogP contribution in [-0.4, -0.2) is 34.7 Å². The number of nitrogens with two attached hydrogens (primary N) is 1. The van der Waals surface area contributed by atoms with E-state index in [9.17, 15) is 9.90 Å². The fraction of sp³-hybridized carbons (Fsp3) is 0.938. The molecule has 1 unspecified atom stereocenters. The van der Waals surface area contributed by atoms with Crippen LogP contribution in [0.3, 0.4) is 0 Å². The molecule has 120 valence electrons. The van der Waals surface area contributed by atoms with E-state index in [1.165, 1.54) is 51.4 Å². The maximum atomic E-state index is 11.4. The molecule has 0 aliphatic heterocycles. The summed E-state index contributed by atoms with van der Waals surface area (Å²) >= 11 is 0. The summed E-state index contributed by atoms with van der Waals surface area (Å²) in [5, 5.41) is 18.3. The van der Waals surface area contributed by atoms with Crippen LogP contribution in [0.15, 0.2) is 0 Å². The summed E-state index contributed by atoms with van der Waals surface area (Å²) in [5.41, 5.74) is 5.38. The van der Waals surface area contributed by atoms with Gasteiger partial charge >= 0.3 is 0 Å². The van der Waals surface area contributed by atoms with Crippen molar-refractivity contribution in [2.24, 2.45) is 5.73 Å². The lowest BCUT2D eigenvalue weighted by molar-refractivity contribution is -0.129. The molecule has 0 rings (SSSR count). The Labute approximate surface area is 123 Å². The zero-order valence-electron chi connectivity index (χ0n) is 13.0. The Morgan fingerprint density at radius 3 is 1.85 bits per heavy atom. The average Bonchev–Trinajstić information content (AvgIpc) is 2.47. The normalized spacial score (nSPS) is 14.2. The molecule has 0 saturated heterocycles. The predicted molar refractivity (Wildman–Crippen MR) is 82.5 cm³/mol. The second-order valence-corrected chi connectivity index (χ2v) is 5.68. The molecule has 0 spiro atoms. The summed E-state index contributed by atoms with van der Waals surface area (Å²) < 4.78 is 0. The first-order chi connectivity index (χ1) is 9.63. The molecule has 4 nitrogen and oxygen atoms in total. The second kappa shape index (κ2) is 13.5. The van der Waals surface area contributed by atoms with Crippen LogP contribution in [0.25, 0.3) is 0 Å².